The second kappa shape index (κ2) is 2.55. The van der Waals surface area contributed by atoms with E-state index in [1.165, 1.54) is 0 Å². The maximum absolute atomic E-state index is 4.32. The van der Waals surface area contributed by atoms with E-state index in [1.54, 1.807) is 6.33 Å². The van der Waals surface area contributed by atoms with Crippen molar-refractivity contribution in [3.05, 3.63) is 30.4 Å². The van der Waals surface area contributed by atoms with Crippen molar-refractivity contribution in [1.82, 2.24) is 14.6 Å². The maximum Gasteiger partial charge on any atom is 0.136 e. The molecule has 13 heavy (non-hydrogen) atoms. The van der Waals surface area contributed by atoms with Crippen LogP contribution < -0.4 is 0 Å². The molecule has 0 amide bonds. The summed E-state index contributed by atoms with van der Waals surface area (Å²) < 4.78 is 1.85. The van der Waals surface area contributed by atoms with Crippen LogP contribution in [0, 0.1) is 0 Å². The van der Waals surface area contributed by atoms with E-state index >= 15 is 0 Å². The van der Waals surface area contributed by atoms with Crippen molar-refractivity contribution in [2.45, 2.75) is 26.2 Å². The lowest BCUT2D eigenvalue weighted by molar-refractivity contribution is 0.566. The zero-order valence-electron chi connectivity index (χ0n) is 8.15. The highest BCUT2D eigenvalue weighted by Gasteiger charge is 2.18. The molecule has 0 bridgehead atoms. The van der Waals surface area contributed by atoms with Crippen LogP contribution in [0.5, 0.6) is 0 Å². The van der Waals surface area contributed by atoms with Crippen LogP contribution >= 0.6 is 0 Å². The van der Waals surface area contributed by atoms with Crippen LogP contribution in [0.15, 0.2) is 24.7 Å². The lowest BCUT2D eigenvalue weighted by atomic mass is 9.91. The molecule has 0 saturated heterocycles. The van der Waals surface area contributed by atoms with E-state index in [-0.39, 0.29) is 5.41 Å². The Bertz CT molecular complexity index is 423. The molecule has 68 valence electrons. The van der Waals surface area contributed by atoms with Crippen LogP contribution in [-0.2, 0) is 5.41 Å². The first-order valence-electron chi connectivity index (χ1n) is 4.38. The van der Waals surface area contributed by atoms with Gasteiger partial charge in [0.15, 0.2) is 0 Å². The number of fused-ring (bicyclic) bond motifs is 1. The van der Waals surface area contributed by atoms with Crippen molar-refractivity contribution in [1.29, 1.82) is 0 Å². The summed E-state index contributed by atoms with van der Waals surface area (Å²) in [4.78, 5) is 4.32. The molecule has 0 radical (unpaired) electrons. The fourth-order valence-electron chi connectivity index (χ4n) is 1.44. The van der Waals surface area contributed by atoms with Gasteiger partial charge in [0.05, 0.1) is 11.2 Å². The monoisotopic (exact) mass is 175 g/mol. The minimum atomic E-state index is 0.0720. The van der Waals surface area contributed by atoms with Crippen LogP contribution in [-0.4, -0.2) is 14.6 Å². The smallest absolute Gasteiger partial charge is 0.136 e. The van der Waals surface area contributed by atoms with Gasteiger partial charge in [0.25, 0.3) is 0 Å². The summed E-state index contributed by atoms with van der Waals surface area (Å²) in [6, 6.07) is 4.03. The minimum absolute atomic E-state index is 0.0720. The Morgan fingerprint density at radius 3 is 2.77 bits per heavy atom. The second-order valence-electron chi connectivity index (χ2n) is 4.20. The van der Waals surface area contributed by atoms with Gasteiger partial charge in [-0.1, -0.05) is 20.8 Å². The molecule has 0 atom stereocenters. The van der Waals surface area contributed by atoms with Crippen molar-refractivity contribution in [2.24, 2.45) is 0 Å². The average molecular weight is 175 g/mol. The van der Waals surface area contributed by atoms with Crippen molar-refractivity contribution >= 4 is 5.52 Å². The molecule has 0 unspecified atom stereocenters. The number of rotatable bonds is 0. The summed E-state index contributed by atoms with van der Waals surface area (Å²) in [6.45, 7) is 6.47. The van der Waals surface area contributed by atoms with Gasteiger partial charge in [-0.05, 0) is 12.1 Å². The molecule has 3 nitrogen and oxygen atoms in total. The largest absolute Gasteiger partial charge is 0.238 e. The number of hydrogen-bond acceptors (Lipinski definition) is 2. The van der Waals surface area contributed by atoms with E-state index in [1.807, 2.05) is 22.8 Å². The summed E-state index contributed by atoms with van der Waals surface area (Å²) in [5.41, 5.74) is 2.25. The third-order valence-electron chi connectivity index (χ3n) is 2.04. The number of hydrogen-bond donors (Lipinski definition) is 0. The van der Waals surface area contributed by atoms with Gasteiger partial charge < -0.3 is 0 Å². The zero-order chi connectivity index (χ0) is 9.47. The molecule has 2 rings (SSSR count). The van der Waals surface area contributed by atoms with Gasteiger partial charge in [-0.2, -0.15) is 5.10 Å². The molecule has 2 heterocycles. The summed E-state index contributed by atoms with van der Waals surface area (Å²) in [7, 11) is 0. The lowest BCUT2D eigenvalue weighted by Gasteiger charge is -2.17. The van der Waals surface area contributed by atoms with E-state index < -0.39 is 0 Å². The second-order valence-corrected chi connectivity index (χ2v) is 4.20. The summed E-state index contributed by atoms with van der Waals surface area (Å²) in [5, 5.41) is 4.12. The minimum Gasteiger partial charge on any atom is -0.238 e. The van der Waals surface area contributed by atoms with Crippen LogP contribution in [0.25, 0.3) is 5.52 Å². The first-order chi connectivity index (χ1) is 6.09. The highest BCUT2D eigenvalue weighted by atomic mass is 15.2. The molecule has 0 spiro atoms. The Kier molecular flexibility index (Phi) is 1.62. The molecule has 0 N–H and O–H groups in total. The standard InChI is InChI=1S/C10H13N3/c1-10(2,3)9-8-5-4-6-13(8)12-7-11-9/h4-7H,1-3H3. The summed E-state index contributed by atoms with van der Waals surface area (Å²) in [6.07, 6.45) is 3.54. The zero-order valence-corrected chi connectivity index (χ0v) is 8.15. The predicted molar refractivity (Wildman–Crippen MR) is 51.7 cm³/mol. The van der Waals surface area contributed by atoms with Crippen molar-refractivity contribution in [2.75, 3.05) is 0 Å². The Balaban J connectivity index is 2.75. The van der Waals surface area contributed by atoms with Gasteiger partial charge >= 0.3 is 0 Å². The van der Waals surface area contributed by atoms with Crippen molar-refractivity contribution in [3.63, 3.8) is 0 Å². The summed E-state index contributed by atoms with van der Waals surface area (Å²) >= 11 is 0. The number of aromatic nitrogens is 3. The van der Waals surface area contributed by atoms with Gasteiger partial charge in [0, 0.05) is 11.6 Å². The third kappa shape index (κ3) is 1.30. The van der Waals surface area contributed by atoms with Gasteiger partial charge in [0.2, 0.25) is 0 Å². The van der Waals surface area contributed by atoms with Gasteiger partial charge in [-0.25, -0.2) is 9.50 Å². The molecule has 0 aliphatic heterocycles. The first-order valence-corrected chi connectivity index (χ1v) is 4.38. The van der Waals surface area contributed by atoms with Crippen LogP contribution in [0.2, 0.25) is 0 Å². The third-order valence-corrected chi connectivity index (χ3v) is 2.04. The molecular weight excluding hydrogens is 162 g/mol. The van der Waals surface area contributed by atoms with Crippen molar-refractivity contribution < 1.29 is 0 Å². The van der Waals surface area contributed by atoms with Crippen LogP contribution in [0.3, 0.4) is 0 Å². The first kappa shape index (κ1) is 8.23. The van der Waals surface area contributed by atoms with Crippen molar-refractivity contribution in [3.8, 4) is 0 Å². The highest BCUT2D eigenvalue weighted by Crippen LogP contribution is 2.23. The lowest BCUT2D eigenvalue weighted by Crippen LogP contribution is -2.15. The Morgan fingerprint density at radius 1 is 1.31 bits per heavy atom. The van der Waals surface area contributed by atoms with E-state index in [2.05, 4.69) is 30.9 Å². The Hall–Kier alpha value is -1.38. The molecule has 3 heteroatoms. The number of nitrogens with zero attached hydrogens (tertiary/aromatic N) is 3. The molecule has 0 aliphatic carbocycles. The normalized spacial score (nSPS) is 12.2. The fourth-order valence-corrected chi connectivity index (χ4v) is 1.44. The maximum atomic E-state index is 4.32. The quantitative estimate of drug-likeness (QED) is 0.613. The summed E-state index contributed by atoms with van der Waals surface area (Å²) in [5.74, 6) is 0. The molecule has 0 fully saturated rings. The van der Waals surface area contributed by atoms with E-state index in [4.69, 9.17) is 0 Å². The van der Waals surface area contributed by atoms with E-state index in [0.29, 0.717) is 0 Å². The molecule has 0 aliphatic rings. The Morgan fingerprint density at radius 2 is 2.08 bits per heavy atom. The Labute approximate surface area is 77.4 Å². The molecular formula is C10H13N3. The highest BCUT2D eigenvalue weighted by molar-refractivity contribution is 5.53. The molecule has 0 saturated carbocycles. The predicted octanol–water partition coefficient (Wildman–Crippen LogP) is 2.03. The van der Waals surface area contributed by atoms with Crippen LogP contribution in [0.1, 0.15) is 26.5 Å². The van der Waals surface area contributed by atoms with E-state index in [9.17, 15) is 0 Å². The van der Waals surface area contributed by atoms with Crippen LogP contribution in [0.4, 0.5) is 0 Å². The molecule has 2 aromatic rings. The van der Waals surface area contributed by atoms with Gasteiger partial charge in [-0.15, -0.1) is 0 Å². The molecule has 0 aromatic carbocycles. The van der Waals surface area contributed by atoms with E-state index in [0.717, 1.165) is 11.2 Å². The average Bonchev–Trinajstić information content (AvgIpc) is 2.48. The fraction of sp³-hybridized carbons (Fsp3) is 0.400. The molecule has 2 aromatic heterocycles. The van der Waals surface area contributed by atoms with Gasteiger partial charge in [-0.3, -0.25) is 0 Å². The SMILES string of the molecule is CC(C)(C)c1ncnn2cccc12. The van der Waals surface area contributed by atoms with Gasteiger partial charge in [0.1, 0.15) is 6.33 Å². The topological polar surface area (TPSA) is 30.2 Å².